The number of benzene rings is 2. The van der Waals surface area contributed by atoms with Gasteiger partial charge in [0.2, 0.25) is 0 Å². The van der Waals surface area contributed by atoms with E-state index in [0.29, 0.717) is 5.56 Å². The molecule has 9 heteroatoms. The Morgan fingerprint density at radius 1 is 0.870 bits per heavy atom. The molecule has 0 atom stereocenters. The van der Waals surface area contributed by atoms with E-state index in [1.54, 1.807) is 13.0 Å². The van der Waals surface area contributed by atoms with Gasteiger partial charge in [0, 0.05) is 12.1 Å². The number of hydrogen-bond donors (Lipinski definition) is 3. The highest BCUT2D eigenvalue weighted by molar-refractivity contribution is 7.86. The van der Waals surface area contributed by atoms with E-state index in [1.807, 2.05) is 0 Å². The van der Waals surface area contributed by atoms with Crippen molar-refractivity contribution in [1.82, 2.24) is 0 Å². The van der Waals surface area contributed by atoms with Crippen molar-refractivity contribution in [1.29, 1.82) is 0 Å². The highest BCUT2D eigenvalue weighted by atomic mass is 32.2. The average Bonchev–Trinajstić information content (AvgIpc) is 2.40. The molecule has 0 heterocycles. The predicted molar refractivity (Wildman–Crippen MR) is 84.5 cm³/mol. The number of rotatable bonds is 4. The molecule has 0 aliphatic heterocycles. The topological polar surface area (TPSA) is 135 Å². The maximum atomic E-state index is 11.5. The lowest BCUT2D eigenvalue weighted by atomic mass is 10.0. The van der Waals surface area contributed by atoms with Crippen LogP contribution in [0.4, 0.5) is 5.69 Å². The molecule has 0 fully saturated rings. The molecule has 0 radical (unpaired) electrons. The Morgan fingerprint density at radius 3 is 1.87 bits per heavy atom. The van der Waals surface area contributed by atoms with E-state index in [-0.39, 0.29) is 28.1 Å². The molecule has 23 heavy (non-hydrogen) atoms. The fraction of sp³-hybridized carbons (Fsp3) is 0.143. The number of nitrogens with two attached hydrogens (primary N) is 1. The number of aryl methyl sites for hydroxylation is 1. The summed E-state index contributed by atoms with van der Waals surface area (Å²) >= 11 is 0. The van der Waals surface area contributed by atoms with Crippen LogP contribution in [0.2, 0.25) is 0 Å². The Bertz CT molecular complexity index is 885. The highest BCUT2D eigenvalue weighted by Gasteiger charge is 2.20. The minimum atomic E-state index is -4.52. The SMILES string of the molecule is Cc1ccc(Cc2ccc(N)cc2S(=O)(=O)O)c(S(=O)(=O)O)c1. The van der Waals surface area contributed by atoms with Crippen LogP contribution in [0.25, 0.3) is 0 Å². The van der Waals surface area contributed by atoms with Crippen LogP contribution in [0, 0.1) is 6.92 Å². The third-order valence-corrected chi connectivity index (χ3v) is 5.12. The third kappa shape index (κ3) is 4.08. The first-order valence-electron chi connectivity index (χ1n) is 6.41. The van der Waals surface area contributed by atoms with Crippen molar-refractivity contribution in [3.05, 3.63) is 53.1 Å². The molecule has 0 spiro atoms. The van der Waals surface area contributed by atoms with Gasteiger partial charge in [-0.25, -0.2) is 0 Å². The summed E-state index contributed by atoms with van der Waals surface area (Å²) in [5, 5.41) is 0. The van der Waals surface area contributed by atoms with E-state index in [0.717, 1.165) is 6.07 Å². The van der Waals surface area contributed by atoms with E-state index < -0.39 is 25.1 Å². The molecule has 0 aliphatic carbocycles. The predicted octanol–water partition coefficient (Wildman–Crippen LogP) is 1.66. The lowest BCUT2D eigenvalue weighted by molar-refractivity contribution is 0.481. The molecule has 0 saturated heterocycles. The normalized spacial score (nSPS) is 12.3. The minimum absolute atomic E-state index is 0.120. The van der Waals surface area contributed by atoms with E-state index in [2.05, 4.69) is 0 Å². The van der Waals surface area contributed by atoms with Crippen molar-refractivity contribution < 1.29 is 25.9 Å². The van der Waals surface area contributed by atoms with Crippen molar-refractivity contribution in [3.63, 3.8) is 0 Å². The number of hydrogen-bond acceptors (Lipinski definition) is 5. The Morgan fingerprint density at radius 2 is 1.35 bits per heavy atom. The van der Waals surface area contributed by atoms with Crippen LogP contribution >= 0.6 is 0 Å². The smallest absolute Gasteiger partial charge is 0.294 e. The Labute approximate surface area is 134 Å². The Hall–Kier alpha value is -1.94. The molecule has 0 saturated carbocycles. The zero-order valence-electron chi connectivity index (χ0n) is 12.1. The first-order chi connectivity index (χ1) is 10.5. The van der Waals surface area contributed by atoms with Crippen LogP contribution in [0.5, 0.6) is 0 Å². The van der Waals surface area contributed by atoms with Gasteiger partial charge in [0.25, 0.3) is 20.2 Å². The fourth-order valence-corrected chi connectivity index (χ4v) is 3.77. The van der Waals surface area contributed by atoms with Gasteiger partial charge in [-0.2, -0.15) is 16.8 Å². The van der Waals surface area contributed by atoms with Crippen LogP contribution < -0.4 is 5.73 Å². The molecule has 124 valence electrons. The first-order valence-corrected chi connectivity index (χ1v) is 9.29. The summed E-state index contributed by atoms with van der Waals surface area (Å²) < 4.78 is 64.6. The van der Waals surface area contributed by atoms with E-state index in [1.165, 1.54) is 24.3 Å². The van der Waals surface area contributed by atoms with Crippen LogP contribution in [-0.4, -0.2) is 25.9 Å². The molecule has 0 amide bonds. The maximum Gasteiger partial charge on any atom is 0.294 e. The van der Waals surface area contributed by atoms with Crippen molar-refractivity contribution in [2.75, 3.05) is 5.73 Å². The quantitative estimate of drug-likeness (QED) is 0.559. The van der Waals surface area contributed by atoms with Gasteiger partial charge >= 0.3 is 0 Å². The van der Waals surface area contributed by atoms with Gasteiger partial charge in [0.05, 0.1) is 9.79 Å². The molecule has 0 aromatic heterocycles. The van der Waals surface area contributed by atoms with Crippen molar-refractivity contribution in [3.8, 4) is 0 Å². The van der Waals surface area contributed by atoms with Crippen molar-refractivity contribution >= 4 is 25.9 Å². The summed E-state index contributed by atoms with van der Waals surface area (Å²) in [6, 6.07) is 8.30. The lowest BCUT2D eigenvalue weighted by Crippen LogP contribution is -2.08. The van der Waals surface area contributed by atoms with Crippen LogP contribution in [0.1, 0.15) is 16.7 Å². The van der Waals surface area contributed by atoms with Crippen LogP contribution in [0.15, 0.2) is 46.2 Å². The van der Waals surface area contributed by atoms with Gasteiger partial charge in [0.15, 0.2) is 0 Å². The molecule has 2 aromatic carbocycles. The monoisotopic (exact) mass is 357 g/mol. The Kier molecular flexibility index (Phi) is 4.49. The summed E-state index contributed by atoms with van der Waals surface area (Å²) in [5.74, 6) is 0. The van der Waals surface area contributed by atoms with Crippen molar-refractivity contribution in [2.45, 2.75) is 23.1 Å². The van der Waals surface area contributed by atoms with E-state index in [9.17, 15) is 25.9 Å². The summed E-state index contributed by atoms with van der Waals surface area (Å²) in [6.07, 6.45) is -0.120. The van der Waals surface area contributed by atoms with E-state index >= 15 is 0 Å². The molecular weight excluding hydrogens is 342 g/mol. The maximum absolute atomic E-state index is 11.5. The highest BCUT2D eigenvalue weighted by Crippen LogP contribution is 2.25. The first kappa shape index (κ1) is 17.4. The van der Waals surface area contributed by atoms with Gasteiger partial charge in [-0.05, 0) is 41.8 Å². The zero-order valence-corrected chi connectivity index (χ0v) is 13.7. The zero-order chi connectivity index (χ0) is 17.4. The second kappa shape index (κ2) is 5.93. The number of anilines is 1. The summed E-state index contributed by atoms with van der Waals surface area (Å²) in [6.45, 7) is 1.66. The summed E-state index contributed by atoms with van der Waals surface area (Å²) in [5.41, 5.74) is 6.65. The van der Waals surface area contributed by atoms with Crippen LogP contribution in [-0.2, 0) is 26.7 Å². The molecule has 4 N–H and O–H groups in total. The summed E-state index contributed by atoms with van der Waals surface area (Å²) in [7, 11) is -8.99. The second-order valence-corrected chi connectivity index (χ2v) is 7.89. The van der Waals surface area contributed by atoms with Crippen molar-refractivity contribution in [2.24, 2.45) is 0 Å². The van der Waals surface area contributed by atoms with Gasteiger partial charge < -0.3 is 5.73 Å². The van der Waals surface area contributed by atoms with Gasteiger partial charge in [0.1, 0.15) is 0 Å². The molecule has 2 aromatic rings. The second-order valence-electron chi connectivity index (χ2n) is 5.11. The molecular formula is C14H15NO6S2. The minimum Gasteiger partial charge on any atom is -0.399 e. The Balaban J connectivity index is 2.62. The average molecular weight is 357 g/mol. The van der Waals surface area contributed by atoms with Gasteiger partial charge in [-0.1, -0.05) is 18.2 Å². The van der Waals surface area contributed by atoms with Crippen LogP contribution in [0.3, 0.4) is 0 Å². The molecule has 0 bridgehead atoms. The standard InChI is InChI=1S/C14H15NO6S2/c1-9-2-3-10(13(6-9)22(16,17)18)7-11-4-5-12(15)8-14(11)23(19,20)21/h2-6,8H,7,15H2,1H3,(H,16,17,18)(H,19,20,21). The molecule has 2 rings (SSSR count). The summed E-state index contributed by atoms with van der Waals surface area (Å²) in [4.78, 5) is -0.713. The number of nitrogen functional groups attached to an aromatic ring is 1. The molecule has 0 aliphatic rings. The van der Waals surface area contributed by atoms with Gasteiger partial charge in [-0.15, -0.1) is 0 Å². The third-order valence-electron chi connectivity index (χ3n) is 3.25. The lowest BCUT2D eigenvalue weighted by Gasteiger charge is -2.11. The van der Waals surface area contributed by atoms with Gasteiger partial charge in [-0.3, -0.25) is 9.11 Å². The molecule has 7 nitrogen and oxygen atoms in total. The fourth-order valence-electron chi connectivity index (χ4n) is 2.21. The largest absolute Gasteiger partial charge is 0.399 e. The molecule has 0 unspecified atom stereocenters. The van der Waals surface area contributed by atoms with E-state index in [4.69, 9.17) is 5.73 Å².